The predicted octanol–water partition coefficient (Wildman–Crippen LogP) is 6.15. The van der Waals surface area contributed by atoms with Crippen molar-refractivity contribution in [3.05, 3.63) is 52.3 Å². The zero-order valence-electron chi connectivity index (χ0n) is 20.7. The molecule has 1 aromatic carbocycles. The molecule has 4 rings (SSSR count). The minimum Gasteiger partial charge on any atom is -0.475 e. The van der Waals surface area contributed by atoms with Crippen LogP contribution in [0.5, 0.6) is 0 Å². The van der Waals surface area contributed by atoms with E-state index in [0.29, 0.717) is 10.7 Å². The summed E-state index contributed by atoms with van der Waals surface area (Å²) in [7, 11) is -3.84. The number of carboxylic acids is 1. The first-order valence-electron chi connectivity index (χ1n) is 11.5. The van der Waals surface area contributed by atoms with Crippen LogP contribution in [0.25, 0.3) is 10.4 Å². The Bertz CT molecular complexity index is 1460. The second-order valence-electron chi connectivity index (χ2n) is 8.65. The van der Waals surface area contributed by atoms with Gasteiger partial charge in [-0.1, -0.05) is 36.3 Å². The Morgan fingerprint density at radius 3 is 2.33 bits per heavy atom. The fraction of sp³-hybridized carbons (Fsp3) is 0.333. The van der Waals surface area contributed by atoms with Gasteiger partial charge in [0.2, 0.25) is 5.91 Å². The fourth-order valence-electron chi connectivity index (χ4n) is 3.77. The van der Waals surface area contributed by atoms with Gasteiger partial charge >= 0.3 is 12.1 Å². The molecular weight excluding hydrogens is 625 g/mol. The Balaban J connectivity index is 0.000000532. The van der Waals surface area contributed by atoms with Gasteiger partial charge in [0.15, 0.2) is 5.13 Å². The van der Waals surface area contributed by atoms with Crippen LogP contribution in [0.4, 0.5) is 24.1 Å². The number of benzene rings is 1. The zero-order valence-corrected chi connectivity index (χ0v) is 23.9. The number of alkyl halides is 3. The molecule has 1 aliphatic rings. The zero-order chi connectivity index (χ0) is 29.0. The lowest BCUT2D eigenvalue weighted by Crippen LogP contribution is -2.21. The quantitative estimate of drug-likeness (QED) is 0.291. The van der Waals surface area contributed by atoms with Crippen molar-refractivity contribution in [3.63, 3.8) is 0 Å². The summed E-state index contributed by atoms with van der Waals surface area (Å²) in [5, 5.41) is 10.6. The number of amides is 1. The largest absolute Gasteiger partial charge is 0.490 e. The van der Waals surface area contributed by atoms with Gasteiger partial charge in [0.05, 0.1) is 15.5 Å². The summed E-state index contributed by atoms with van der Waals surface area (Å²) in [6.07, 6.45) is 0.462. The molecule has 210 valence electrons. The first-order valence-corrected chi connectivity index (χ1v) is 14.6. The summed E-state index contributed by atoms with van der Waals surface area (Å²) in [6.45, 7) is 3.61. The Morgan fingerprint density at radius 1 is 1.13 bits per heavy atom. The number of halogens is 4. The maximum atomic E-state index is 13.0. The number of aliphatic carboxylic acids is 1. The second-order valence-corrected chi connectivity index (χ2v) is 12.2. The first-order chi connectivity index (χ1) is 18.2. The van der Waals surface area contributed by atoms with Crippen LogP contribution in [-0.2, 0) is 19.6 Å². The van der Waals surface area contributed by atoms with Gasteiger partial charge < -0.3 is 10.4 Å². The third-order valence-corrected chi connectivity index (χ3v) is 8.79. The first kappa shape index (κ1) is 30.5. The molecule has 3 N–H and O–H groups in total. The lowest BCUT2D eigenvalue weighted by molar-refractivity contribution is -0.192. The van der Waals surface area contributed by atoms with E-state index >= 15 is 0 Å². The van der Waals surface area contributed by atoms with E-state index in [0.717, 1.165) is 46.3 Å². The number of nitrogens with one attached hydrogen (secondary N) is 2. The van der Waals surface area contributed by atoms with Crippen molar-refractivity contribution in [1.82, 2.24) is 9.97 Å². The Hall–Kier alpha value is -3.04. The molecule has 0 atom stereocenters. The highest BCUT2D eigenvalue weighted by molar-refractivity contribution is 9.10. The molecule has 1 saturated carbocycles. The topological polar surface area (TPSA) is 138 Å². The van der Waals surface area contributed by atoms with E-state index in [4.69, 9.17) is 9.90 Å². The van der Waals surface area contributed by atoms with E-state index in [1.807, 2.05) is 13.0 Å². The number of nitrogens with zero attached hydrogens (tertiary/aromatic N) is 2. The molecule has 3 aromatic rings. The van der Waals surface area contributed by atoms with Crippen LogP contribution in [-0.4, -0.2) is 41.5 Å². The molecule has 0 bridgehead atoms. The Labute approximate surface area is 235 Å². The number of aromatic nitrogens is 2. The van der Waals surface area contributed by atoms with E-state index in [1.165, 1.54) is 17.5 Å². The van der Waals surface area contributed by atoms with Crippen molar-refractivity contribution in [1.29, 1.82) is 0 Å². The molecule has 0 unspecified atom stereocenters. The molecule has 1 amide bonds. The van der Waals surface area contributed by atoms with Gasteiger partial charge in [0.1, 0.15) is 5.82 Å². The minimum atomic E-state index is -5.08. The van der Waals surface area contributed by atoms with Crippen molar-refractivity contribution in [2.45, 2.75) is 50.6 Å². The van der Waals surface area contributed by atoms with Gasteiger partial charge in [-0.3, -0.25) is 9.52 Å². The number of anilines is 2. The van der Waals surface area contributed by atoms with Crippen molar-refractivity contribution in [2.24, 2.45) is 5.92 Å². The van der Waals surface area contributed by atoms with Crippen LogP contribution in [0.15, 0.2) is 45.9 Å². The standard InChI is InChI=1S/C22H23BrN4O3S2.C2HF3O2/c1-13-7-8-16(11-18(13)32(29,30)27-19-10-9-17(23)12-24-19)20-14(2)25-22(31-20)26-21(28)15-5-3-4-6-15;3-2(4,5)1(6)7/h7-12,15H,3-6H2,1-2H3,(H,24,27)(H,25,26,28);(H,6,7). The maximum Gasteiger partial charge on any atom is 0.490 e. The van der Waals surface area contributed by atoms with Crippen molar-refractivity contribution in [3.8, 4) is 10.4 Å². The summed E-state index contributed by atoms with van der Waals surface area (Å²) >= 11 is 4.64. The number of sulfonamides is 1. The van der Waals surface area contributed by atoms with E-state index in [2.05, 4.69) is 35.9 Å². The monoisotopic (exact) mass is 648 g/mol. The number of rotatable bonds is 6. The summed E-state index contributed by atoms with van der Waals surface area (Å²) in [6, 6.07) is 8.59. The van der Waals surface area contributed by atoms with Crippen molar-refractivity contribution < 1.29 is 36.3 Å². The molecular formula is C24H24BrF3N4O5S2. The number of aryl methyl sites for hydroxylation is 2. The lowest BCUT2D eigenvalue weighted by atomic mass is 10.1. The van der Waals surface area contributed by atoms with Crippen LogP contribution < -0.4 is 10.0 Å². The lowest BCUT2D eigenvalue weighted by Gasteiger charge is -2.11. The molecule has 0 saturated heterocycles. The third kappa shape index (κ3) is 8.22. The van der Waals surface area contributed by atoms with Crippen LogP contribution >= 0.6 is 27.3 Å². The molecule has 15 heteroatoms. The van der Waals surface area contributed by atoms with E-state index in [-0.39, 0.29) is 22.5 Å². The Kier molecular flexibility index (Phi) is 9.72. The summed E-state index contributed by atoms with van der Waals surface area (Å²) in [5.74, 6) is -2.45. The molecule has 0 aliphatic heterocycles. The molecule has 9 nitrogen and oxygen atoms in total. The molecule has 2 aromatic heterocycles. The van der Waals surface area contributed by atoms with E-state index < -0.39 is 22.2 Å². The Morgan fingerprint density at radius 2 is 1.77 bits per heavy atom. The highest BCUT2D eigenvalue weighted by atomic mass is 79.9. The maximum absolute atomic E-state index is 13.0. The van der Waals surface area contributed by atoms with Crippen LogP contribution in [0.1, 0.15) is 36.9 Å². The number of hydrogen-bond donors (Lipinski definition) is 3. The average molecular weight is 650 g/mol. The third-order valence-electron chi connectivity index (χ3n) is 5.70. The number of hydrogen-bond acceptors (Lipinski definition) is 7. The minimum absolute atomic E-state index is 0.0150. The normalized spacial score (nSPS) is 13.9. The summed E-state index contributed by atoms with van der Waals surface area (Å²) in [5.41, 5.74) is 2.10. The molecule has 0 spiro atoms. The van der Waals surface area contributed by atoms with Gasteiger partial charge in [-0.05, 0) is 71.9 Å². The highest BCUT2D eigenvalue weighted by Gasteiger charge is 2.38. The summed E-state index contributed by atoms with van der Waals surface area (Å²) in [4.78, 5) is 30.9. The van der Waals surface area contributed by atoms with Gasteiger partial charge in [0, 0.05) is 16.6 Å². The van der Waals surface area contributed by atoms with E-state index in [9.17, 15) is 26.4 Å². The number of carboxylic acid groups (broad SMARTS) is 1. The highest BCUT2D eigenvalue weighted by Crippen LogP contribution is 2.36. The fourth-order valence-corrected chi connectivity index (χ4v) is 6.25. The van der Waals surface area contributed by atoms with Gasteiger partial charge in [-0.25, -0.2) is 23.2 Å². The number of thiazole rings is 1. The molecule has 1 aliphatic carbocycles. The number of carbonyl (C=O) groups excluding carboxylic acids is 1. The molecule has 1 fully saturated rings. The van der Waals surface area contributed by atoms with Gasteiger partial charge in [-0.2, -0.15) is 13.2 Å². The van der Waals surface area contributed by atoms with Gasteiger partial charge in [-0.15, -0.1) is 0 Å². The SMILES string of the molecule is Cc1ccc(-c2sc(NC(=O)C3CCCC3)nc2C)cc1S(=O)(=O)Nc1ccc(Br)cn1.O=C(O)C(F)(F)F. The molecule has 0 radical (unpaired) electrons. The number of pyridine rings is 1. The number of carbonyl (C=O) groups is 2. The van der Waals surface area contributed by atoms with Crippen molar-refractivity contribution in [2.75, 3.05) is 10.0 Å². The molecule has 2 heterocycles. The van der Waals surface area contributed by atoms with Crippen LogP contribution in [0.3, 0.4) is 0 Å². The average Bonchev–Trinajstić information content (AvgIpc) is 3.51. The van der Waals surface area contributed by atoms with E-state index in [1.54, 1.807) is 31.2 Å². The van der Waals surface area contributed by atoms with Gasteiger partial charge in [0.25, 0.3) is 10.0 Å². The smallest absolute Gasteiger partial charge is 0.475 e. The summed E-state index contributed by atoms with van der Waals surface area (Å²) < 4.78 is 61.1. The predicted molar refractivity (Wildman–Crippen MR) is 144 cm³/mol. The second kappa shape index (κ2) is 12.4. The van der Waals surface area contributed by atoms with Crippen molar-refractivity contribution >= 4 is 60.1 Å². The molecule has 39 heavy (non-hydrogen) atoms. The van der Waals surface area contributed by atoms with Crippen LogP contribution in [0.2, 0.25) is 0 Å². The van der Waals surface area contributed by atoms with Crippen LogP contribution in [0, 0.1) is 19.8 Å².